The Morgan fingerprint density at radius 3 is 2.40 bits per heavy atom. The Morgan fingerprint density at radius 1 is 1.13 bits per heavy atom. The number of aromatic nitrogens is 2. The van der Waals surface area contributed by atoms with E-state index < -0.39 is 20.0 Å². The van der Waals surface area contributed by atoms with Crippen molar-refractivity contribution in [1.29, 1.82) is 0 Å². The molecule has 0 saturated heterocycles. The zero-order valence-corrected chi connectivity index (χ0v) is 18.1. The van der Waals surface area contributed by atoms with E-state index in [-0.39, 0.29) is 10.8 Å². The first-order chi connectivity index (χ1) is 14.0. The maximum Gasteiger partial charge on any atom is 0.238 e. The van der Waals surface area contributed by atoms with E-state index in [1.807, 2.05) is 6.08 Å². The van der Waals surface area contributed by atoms with Crippen LogP contribution in [0.4, 0.5) is 11.8 Å². The van der Waals surface area contributed by atoms with Crippen molar-refractivity contribution in [3.05, 3.63) is 47.7 Å². The second kappa shape index (κ2) is 8.68. The largest absolute Gasteiger partial charge is 0.370 e. The molecule has 1 aromatic heterocycles. The number of nitrogens with zero attached hydrogens (tertiary/aromatic N) is 3. The summed E-state index contributed by atoms with van der Waals surface area (Å²) in [6.07, 6.45) is 4.21. The van der Waals surface area contributed by atoms with Crippen molar-refractivity contribution >= 4 is 37.4 Å². The van der Waals surface area contributed by atoms with Gasteiger partial charge < -0.3 is 11.1 Å². The first kappa shape index (κ1) is 22.2. The summed E-state index contributed by atoms with van der Waals surface area (Å²) in [6.45, 7) is 1.24. The molecule has 3 rings (SSSR count). The van der Waals surface area contributed by atoms with Gasteiger partial charge in [0.2, 0.25) is 26.0 Å². The molecule has 0 saturated carbocycles. The van der Waals surface area contributed by atoms with Crippen LogP contribution < -0.4 is 16.2 Å². The van der Waals surface area contributed by atoms with Crippen molar-refractivity contribution in [3.8, 4) is 0 Å². The summed E-state index contributed by atoms with van der Waals surface area (Å²) in [5, 5.41) is 8.28. The molecule has 30 heavy (non-hydrogen) atoms. The van der Waals surface area contributed by atoms with Gasteiger partial charge in [0.25, 0.3) is 0 Å². The summed E-state index contributed by atoms with van der Waals surface area (Å²) < 4.78 is 47.3. The second-order valence-corrected chi connectivity index (χ2v) is 10.5. The van der Waals surface area contributed by atoms with Gasteiger partial charge in [0.05, 0.1) is 16.8 Å². The first-order valence-electron chi connectivity index (χ1n) is 9.17. The second-order valence-electron chi connectivity index (χ2n) is 6.96. The lowest BCUT2D eigenvalue weighted by atomic mass is 10.1. The third-order valence-electron chi connectivity index (χ3n) is 4.69. The smallest absolute Gasteiger partial charge is 0.238 e. The number of hydrogen-bond acceptors (Lipinski definition) is 8. The van der Waals surface area contributed by atoms with Crippen molar-refractivity contribution in [2.45, 2.75) is 17.7 Å². The normalized spacial score (nSPS) is 15.6. The number of nitrogen functional groups attached to an aromatic ring is 1. The number of hydrogen-bond donors (Lipinski definition) is 3. The fraction of sp³-hybridized carbons (Fsp3) is 0.333. The van der Waals surface area contributed by atoms with Crippen LogP contribution in [0.5, 0.6) is 0 Å². The van der Waals surface area contributed by atoms with Gasteiger partial charge >= 0.3 is 0 Å². The number of anilines is 2. The van der Waals surface area contributed by atoms with Crippen molar-refractivity contribution < 1.29 is 16.8 Å². The molecule has 5 N–H and O–H groups in total. The Morgan fingerprint density at radius 2 is 1.83 bits per heavy atom. The maximum atomic E-state index is 11.6. The fourth-order valence-corrected chi connectivity index (χ4v) is 4.37. The standard InChI is InChI=1S/C18H24N6O4S2/c1-29(25,26)24-10-7-14(8-11-24)16-12-17(23-18(19)22-16)21-9-6-13-2-4-15(5-3-13)30(20,27)28/h2-5,7,12H,6,8-11H2,1H3,(H2,20,27,28)(H3,19,21,22,23). The highest BCUT2D eigenvalue weighted by Crippen LogP contribution is 2.24. The number of rotatable bonds is 7. The molecular formula is C18H24N6O4S2. The van der Waals surface area contributed by atoms with E-state index in [1.54, 1.807) is 18.2 Å². The Hall–Kier alpha value is -2.54. The van der Waals surface area contributed by atoms with Crippen LogP contribution in [0.15, 0.2) is 41.3 Å². The molecule has 0 atom stereocenters. The van der Waals surface area contributed by atoms with Crippen LogP contribution in [0.2, 0.25) is 0 Å². The van der Waals surface area contributed by atoms with E-state index in [9.17, 15) is 16.8 Å². The molecule has 0 aliphatic carbocycles. The SMILES string of the molecule is CS(=O)(=O)N1CC=C(c2cc(NCCc3ccc(S(N)(=O)=O)cc3)nc(N)n2)CC1. The van der Waals surface area contributed by atoms with Crippen molar-refractivity contribution in [2.75, 3.05) is 36.9 Å². The number of sulfonamides is 2. The fourth-order valence-electron chi connectivity index (χ4n) is 3.09. The van der Waals surface area contributed by atoms with E-state index in [0.717, 1.165) is 11.1 Å². The molecule has 162 valence electrons. The van der Waals surface area contributed by atoms with Crippen molar-refractivity contribution in [1.82, 2.24) is 14.3 Å². The van der Waals surface area contributed by atoms with Gasteiger partial charge in [-0.05, 0) is 36.1 Å². The third-order valence-corrected chi connectivity index (χ3v) is 6.88. The molecule has 0 spiro atoms. The Balaban J connectivity index is 1.64. The van der Waals surface area contributed by atoms with Crippen molar-refractivity contribution in [3.63, 3.8) is 0 Å². The molecule has 0 bridgehead atoms. The van der Waals surface area contributed by atoms with Gasteiger partial charge in [0.1, 0.15) is 5.82 Å². The molecule has 0 amide bonds. The lowest BCUT2D eigenvalue weighted by molar-refractivity contribution is 0.445. The Kier molecular flexibility index (Phi) is 6.41. The summed E-state index contributed by atoms with van der Waals surface area (Å²) in [4.78, 5) is 8.52. The average molecular weight is 453 g/mol. The highest BCUT2D eigenvalue weighted by molar-refractivity contribution is 7.89. The van der Waals surface area contributed by atoms with Crippen LogP contribution >= 0.6 is 0 Å². The molecule has 1 aromatic carbocycles. The van der Waals surface area contributed by atoms with Gasteiger partial charge in [-0.15, -0.1) is 0 Å². The third kappa shape index (κ3) is 5.75. The van der Waals surface area contributed by atoms with Crippen LogP contribution in [0.25, 0.3) is 5.57 Å². The minimum atomic E-state index is -3.70. The highest BCUT2D eigenvalue weighted by atomic mass is 32.2. The Bertz CT molecular complexity index is 1160. The highest BCUT2D eigenvalue weighted by Gasteiger charge is 2.21. The van der Waals surface area contributed by atoms with Gasteiger partial charge in [-0.2, -0.15) is 9.29 Å². The summed E-state index contributed by atoms with van der Waals surface area (Å²) in [7, 11) is -6.92. The molecule has 2 aromatic rings. The van der Waals surface area contributed by atoms with Gasteiger partial charge in [-0.1, -0.05) is 18.2 Å². The van der Waals surface area contributed by atoms with Gasteiger partial charge in [-0.25, -0.2) is 27.0 Å². The van der Waals surface area contributed by atoms with Crippen LogP contribution in [0.3, 0.4) is 0 Å². The maximum absolute atomic E-state index is 11.6. The first-order valence-corrected chi connectivity index (χ1v) is 12.6. The average Bonchev–Trinajstić information content (AvgIpc) is 2.67. The predicted octanol–water partition coefficient (Wildman–Crippen LogP) is 0.410. The predicted molar refractivity (Wildman–Crippen MR) is 115 cm³/mol. The molecule has 0 unspecified atom stereocenters. The number of nitrogens with one attached hydrogen (secondary N) is 1. The van der Waals surface area contributed by atoms with E-state index in [4.69, 9.17) is 10.9 Å². The topological polar surface area (TPSA) is 161 Å². The molecule has 0 fully saturated rings. The molecule has 2 heterocycles. The summed E-state index contributed by atoms with van der Waals surface area (Å²) in [5.41, 5.74) is 8.36. The minimum Gasteiger partial charge on any atom is -0.370 e. The van der Waals surface area contributed by atoms with Gasteiger partial charge in [0.15, 0.2) is 0 Å². The minimum absolute atomic E-state index is 0.0719. The van der Waals surface area contributed by atoms with Gasteiger partial charge in [0, 0.05) is 25.7 Å². The van der Waals surface area contributed by atoms with Crippen molar-refractivity contribution in [2.24, 2.45) is 5.14 Å². The molecule has 12 heteroatoms. The molecule has 1 aliphatic heterocycles. The van der Waals surface area contributed by atoms with Crippen LogP contribution in [0, 0.1) is 0 Å². The quantitative estimate of drug-likeness (QED) is 0.544. The van der Waals surface area contributed by atoms with E-state index in [1.165, 1.54) is 22.7 Å². The lowest BCUT2D eigenvalue weighted by Crippen LogP contribution is -2.33. The number of benzene rings is 1. The monoisotopic (exact) mass is 452 g/mol. The molecule has 1 aliphatic rings. The number of primary sulfonamides is 1. The molecular weight excluding hydrogens is 428 g/mol. The zero-order valence-electron chi connectivity index (χ0n) is 16.4. The summed E-state index contributed by atoms with van der Waals surface area (Å²) >= 11 is 0. The number of nitrogens with two attached hydrogens (primary N) is 2. The Labute approximate surface area is 176 Å². The molecule has 0 radical (unpaired) electrons. The lowest BCUT2D eigenvalue weighted by Gasteiger charge is -2.24. The summed E-state index contributed by atoms with van der Waals surface area (Å²) in [6, 6.07) is 8.15. The molecule has 10 nitrogen and oxygen atoms in total. The van der Waals surface area contributed by atoms with E-state index >= 15 is 0 Å². The zero-order chi connectivity index (χ0) is 21.9. The van der Waals surface area contributed by atoms with Crippen LogP contribution in [-0.4, -0.2) is 57.0 Å². The van der Waals surface area contributed by atoms with Crippen LogP contribution in [0.1, 0.15) is 17.7 Å². The summed E-state index contributed by atoms with van der Waals surface area (Å²) in [5.74, 6) is 0.684. The van der Waals surface area contributed by atoms with Crippen LogP contribution in [-0.2, 0) is 26.5 Å². The van der Waals surface area contributed by atoms with Gasteiger partial charge in [-0.3, -0.25) is 0 Å². The van der Waals surface area contributed by atoms with E-state index in [0.29, 0.717) is 44.0 Å². The van der Waals surface area contributed by atoms with E-state index in [2.05, 4.69) is 15.3 Å².